The number of methoxy groups -OCH3 is 1. The van der Waals surface area contributed by atoms with Crippen molar-refractivity contribution in [2.75, 3.05) is 33.6 Å². The maximum Gasteiger partial charge on any atom is 0.405 e. The van der Waals surface area contributed by atoms with Gasteiger partial charge in [-0.25, -0.2) is 4.79 Å². The molecule has 0 radical (unpaired) electrons. The van der Waals surface area contributed by atoms with Gasteiger partial charge < -0.3 is 24.4 Å². The smallest absolute Gasteiger partial charge is 0.405 e. The maximum absolute atomic E-state index is 12.2. The average Bonchev–Trinajstić information content (AvgIpc) is 2.95. The number of ether oxygens (including phenoxy) is 3. The van der Waals surface area contributed by atoms with E-state index >= 15 is 0 Å². The van der Waals surface area contributed by atoms with Crippen molar-refractivity contribution in [2.24, 2.45) is 0 Å². The fraction of sp³-hybridized carbons (Fsp3) is 0.500. The lowest BCUT2D eigenvalue weighted by Crippen LogP contribution is -2.44. The molecule has 1 N–H and O–H groups in total. The molecule has 23 heavy (non-hydrogen) atoms. The van der Waals surface area contributed by atoms with Crippen LogP contribution in [-0.2, 0) is 11.3 Å². The lowest BCUT2D eigenvalue weighted by Gasteiger charge is -2.23. The molecule has 6 nitrogen and oxygen atoms in total. The van der Waals surface area contributed by atoms with Crippen molar-refractivity contribution in [1.29, 1.82) is 0 Å². The highest BCUT2D eigenvalue weighted by atomic mass is 19.4. The first-order chi connectivity index (χ1) is 10.9. The van der Waals surface area contributed by atoms with Gasteiger partial charge in [-0.3, -0.25) is 0 Å². The van der Waals surface area contributed by atoms with E-state index in [-0.39, 0.29) is 26.5 Å². The monoisotopic (exact) mass is 334 g/mol. The number of rotatable bonds is 6. The summed E-state index contributed by atoms with van der Waals surface area (Å²) in [7, 11) is 1.45. The SMILES string of the molecule is COCCN(Cc1ccc2c(c1)OCO2)C(=O)NCC(F)(F)F. The molecule has 1 aromatic carbocycles. The zero-order chi connectivity index (χ0) is 16.9. The number of nitrogens with one attached hydrogen (secondary N) is 1. The number of nitrogens with zero attached hydrogens (tertiary/aromatic N) is 1. The van der Waals surface area contributed by atoms with Crippen molar-refractivity contribution < 1.29 is 32.2 Å². The standard InChI is InChI=1S/C14H17F3N2O4/c1-21-5-4-19(13(20)18-8-14(15,16)17)7-10-2-3-11-12(6-10)23-9-22-11/h2-3,6H,4-5,7-9H2,1H3,(H,18,20). The molecule has 9 heteroatoms. The summed E-state index contributed by atoms with van der Waals surface area (Å²) < 4.78 is 52.0. The molecule has 1 aliphatic rings. The van der Waals surface area contributed by atoms with Gasteiger partial charge in [0, 0.05) is 20.2 Å². The summed E-state index contributed by atoms with van der Waals surface area (Å²) in [5, 5.41) is 1.85. The van der Waals surface area contributed by atoms with E-state index in [0.717, 1.165) is 0 Å². The highest BCUT2D eigenvalue weighted by Gasteiger charge is 2.29. The second kappa shape index (κ2) is 7.40. The fourth-order valence-electron chi connectivity index (χ4n) is 2.00. The first-order valence-corrected chi connectivity index (χ1v) is 6.86. The molecule has 0 saturated carbocycles. The maximum atomic E-state index is 12.2. The van der Waals surface area contributed by atoms with Crippen molar-refractivity contribution in [3.05, 3.63) is 23.8 Å². The predicted octanol–water partition coefficient (Wildman–Crippen LogP) is 2.14. The summed E-state index contributed by atoms with van der Waals surface area (Å²) in [4.78, 5) is 13.2. The first kappa shape index (κ1) is 17.2. The number of alkyl halides is 3. The van der Waals surface area contributed by atoms with Crippen LogP contribution in [0.25, 0.3) is 0 Å². The van der Waals surface area contributed by atoms with Gasteiger partial charge in [0.05, 0.1) is 6.61 Å². The van der Waals surface area contributed by atoms with Crippen LogP contribution in [0.1, 0.15) is 5.56 Å². The topological polar surface area (TPSA) is 60.0 Å². The number of benzene rings is 1. The van der Waals surface area contributed by atoms with Gasteiger partial charge in [0.25, 0.3) is 0 Å². The third-order valence-electron chi connectivity index (χ3n) is 3.10. The second-order valence-electron chi connectivity index (χ2n) is 4.88. The molecule has 0 aliphatic carbocycles. The van der Waals surface area contributed by atoms with E-state index in [9.17, 15) is 18.0 Å². The summed E-state index contributed by atoms with van der Waals surface area (Å²) in [6, 6.07) is 4.31. The summed E-state index contributed by atoms with van der Waals surface area (Å²) in [5.41, 5.74) is 0.715. The minimum atomic E-state index is -4.46. The summed E-state index contributed by atoms with van der Waals surface area (Å²) in [6.07, 6.45) is -4.46. The molecule has 1 aliphatic heterocycles. The van der Waals surface area contributed by atoms with Crippen LogP contribution in [0.5, 0.6) is 11.5 Å². The normalized spacial score (nSPS) is 13.0. The van der Waals surface area contributed by atoms with Crippen LogP contribution < -0.4 is 14.8 Å². The predicted molar refractivity (Wildman–Crippen MR) is 74.3 cm³/mol. The van der Waals surface area contributed by atoms with Crippen LogP contribution in [0.3, 0.4) is 0 Å². The molecular formula is C14H17F3N2O4. The minimum Gasteiger partial charge on any atom is -0.454 e. The molecule has 0 spiro atoms. The number of urea groups is 1. The highest BCUT2D eigenvalue weighted by molar-refractivity contribution is 5.74. The average molecular weight is 334 g/mol. The van der Waals surface area contributed by atoms with E-state index < -0.39 is 18.8 Å². The Hall–Kier alpha value is -2.16. The van der Waals surface area contributed by atoms with Gasteiger partial charge in [-0.1, -0.05) is 6.07 Å². The molecule has 128 valence electrons. The van der Waals surface area contributed by atoms with Crippen LogP contribution >= 0.6 is 0 Å². The largest absolute Gasteiger partial charge is 0.454 e. The van der Waals surface area contributed by atoms with Crippen molar-refractivity contribution in [1.82, 2.24) is 10.2 Å². The molecule has 0 aromatic heterocycles. The van der Waals surface area contributed by atoms with Gasteiger partial charge in [0.15, 0.2) is 11.5 Å². The Kier molecular flexibility index (Phi) is 5.54. The molecule has 2 amide bonds. The van der Waals surface area contributed by atoms with Crippen LogP contribution in [0.2, 0.25) is 0 Å². The third-order valence-corrected chi connectivity index (χ3v) is 3.10. The number of halogens is 3. The Labute approximate surface area is 131 Å². The Bertz CT molecular complexity index is 551. The number of fused-ring (bicyclic) bond motifs is 1. The zero-order valence-corrected chi connectivity index (χ0v) is 12.5. The molecule has 0 atom stereocenters. The van der Waals surface area contributed by atoms with Crippen LogP contribution in [0.15, 0.2) is 18.2 Å². The molecule has 1 heterocycles. The summed E-state index contributed by atoms with van der Waals surface area (Å²) >= 11 is 0. The van der Waals surface area contributed by atoms with Crippen LogP contribution in [-0.4, -0.2) is 50.7 Å². The Morgan fingerprint density at radius 1 is 1.35 bits per heavy atom. The number of hydrogen-bond acceptors (Lipinski definition) is 4. The molecule has 0 saturated heterocycles. The van der Waals surface area contributed by atoms with E-state index in [1.54, 1.807) is 18.2 Å². The van der Waals surface area contributed by atoms with Crippen molar-refractivity contribution in [3.8, 4) is 11.5 Å². The van der Waals surface area contributed by atoms with Gasteiger partial charge >= 0.3 is 12.2 Å². The second-order valence-corrected chi connectivity index (χ2v) is 4.88. The number of hydrogen-bond donors (Lipinski definition) is 1. The molecule has 0 unspecified atom stereocenters. The number of carbonyl (C=O) groups excluding carboxylic acids is 1. The van der Waals surface area contributed by atoms with Gasteiger partial charge in [0.1, 0.15) is 6.54 Å². The van der Waals surface area contributed by atoms with Gasteiger partial charge in [0.2, 0.25) is 6.79 Å². The molecule has 0 fully saturated rings. The molecule has 0 bridgehead atoms. The Balaban J connectivity index is 2.01. The van der Waals surface area contributed by atoms with E-state index in [0.29, 0.717) is 17.1 Å². The van der Waals surface area contributed by atoms with Crippen molar-refractivity contribution in [3.63, 3.8) is 0 Å². The summed E-state index contributed by atoms with van der Waals surface area (Å²) in [6.45, 7) is -0.753. The van der Waals surface area contributed by atoms with E-state index in [4.69, 9.17) is 14.2 Å². The van der Waals surface area contributed by atoms with Gasteiger partial charge in [-0.15, -0.1) is 0 Å². The fourth-order valence-corrected chi connectivity index (χ4v) is 2.00. The number of carbonyl (C=O) groups is 1. The van der Waals surface area contributed by atoms with E-state index in [1.165, 1.54) is 12.0 Å². The lowest BCUT2D eigenvalue weighted by molar-refractivity contribution is -0.123. The quantitative estimate of drug-likeness (QED) is 0.866. The summed E-state index contributed by atoms with van der Waals surface area (Å²) in [5.74, 6) is 1.14. The highest BCUT2D eigenvalue weighted by Crippen LogP contribution is 2.32. The molecule has 2 rings (SSSR count). The zero-order valence-electron chi connectivity index (χ0n) is 12.5. The minimum absolute atomic E-state index is 0.123. The Morgan fingerprint density at radius 2 is 2.09 bits per heavy atom. The van der Waals surface area contributed by atoms with Gasteiger partial charge in [-0.2, -0.15) is 13.2 Å². The van der Waals surface area contributed by atoms with Crippen LogP contribution in [0, 0.1) is 0 Å². The van der Waals surface area contributed by atoms with Crippen molar-refractivity contribution >= 4 is 6.03 Å². The van der Waals surface area contributed by atoms with Gasteiger partial charge in [-0.05, 0) is 17.7 Å². The third kappa shape index (κ3) is 5.20. The molecule has 1 aromatic rings. The van der Waals surface area contributed by atoms with Crippen LogP contribution in [0.4, 0.5) is 18.0 Å². The van der Waals surface area contributed by atoms with Crippen molar-refractivity contribution in [2.45, 2.75) is 12.7 Å². The van der Waals surface area contributed by atoms with E-state index in [1.807, 2.05) is 5.32 Å². The molecular weight excluding hydrogens is 317 g/mol. The lowest BCUT2D eigenvalue weighted by atomic mass is 10.2. The number of amides is 2. The first-order valence-electron chi connectivity index (χ1n) is 6.86. The van der Waals surface area contributed by atoms with E-state index in [2.05, 4.69) is 0 Å². The Morgan fingerprint density at radius 3 is 2.78 bits per heavy atom.